The zero-order valence-corrected chi connectivity index (χ0v) is 10.9. The van der Waals surface area contributed by atoms with Gasteiger partial charge in [-0.2, -0.15) is 0 Å². The molecule has 0 saturated carbocycles. The van der Waals surface area contributed by atoms with Crippen molar-refractivity contribution < 1.29 is 14.3 Å². The van der Waals surface area contributed by atoms with E-state index < -0.39 is 17.3 Å². The Morgan fingerprint density at radius 3 is 2.90 bits per heavy atom. The van der Waals surface area contributed by atoms with E-state index in [-0.39, 0.29) is 12.0 Å². The van der Waals surface area contributed by atoms with E-state index in [9.17, 15) is 14.3 Å². The van der Waals surface area contributed by atoms with Crippen molar-refractivity contribution in [3.8, 4) is 0 Å². The lowest BCUT2D eigenvalue weighted by molar-refractivity contribution is -0.133. The number of anilines is 1. The summed E-state index contributed by atoms with van der Waals surface area (Å²) in [5.74, 6) is -1.04. The van der Waals surface area contributed by atoms with Crippen molar-refractivity contribution in [3.05, 3.63) is 59.2 Å². The number of nitrogens with one attached hydrogen (secondary N) is 1. The average Bonchev–Trinajstić information content (AvgIpc) is 2.62. The second-order valence-electron chi connectivity index (χ2n) is 4.95. The molecule has 1 aromatic heterocycles. The third-order valence-corrected chi connectivity index (χ3v) is 3.43. The van der Waals surface area contributed by atoms with E-state index in [4.69, 9.17) is 0 Å². The van der Waals surface area contributed by atoms with E-state index in [1.54, 1.807) is 12.1 Å². The van der Waals surface area contributed by atoms with E-state index in [0.29, 0.717) is 11.4 Å². The predicted molar refractivity (Wildman–Crippen MR) is 71.6 cm³/mol. The van der Waals surface area contributed by atoms with E-state index >= 15 is 0 Å². The van der Waals surface area contributed by atoms with Crippen LogP contribution in [0.4, 0.5) is 10.1 Å². The molecule has 5 heteroatoms. The first kappa shape index (κ1) is 12.7. The number of carbonyl (C=O) groups excluding carboxylic acids is 1. The lowest BCUT2D eigenvalue weighted by Crippen LogP contribution is -2.36. The van der Waals surface area contributed by atoms with Gasteiger partial charge in [0.15, 0.2) is 5.60 Å². The summed E-state index contributed by atoms with van der Waals surface area (Å²) in [5, 5.41) is 13.2. The molecule has 1 unspecified atom stereocenters. The Balaban J connectivity index is 2.04. The fourth-order valence-corrected chi connectivity index (χ4v) is 2.45. The molecule has 3 rings (SSSR count). The molecule has 0 saturated heterocycles. The normalized spacial score (nSPS) is 20.6. The summed E-state index contributed by atoms with van der Waals surface area (Å²) in [4.78, 5) is 16.3. The molecule has 1 aliphatic heterocycles. The second-order valence-corrected chi connectivity index (χ2v) is 4.95. The van der Waals surface area contributed by atoms with Crippen molar-refractivity contribution in [3.63, 3.8) is 0 Å². The Labute approximate surface area is 115 Å². The van der Waals surface area contributed by atoms with Crippen molar-refractivity contribution in [1.29, 1.82) is 0 Å². The molecule has 1 aromatic carbocycles. The van der Waals surface area contributed by atoms with Crippen molar-refractivity contribution >= 4 is 11.6 Å². The van der Waals surface area contributed by atoms with Gasteiger partial charge in [0.2, 0.25) is 0 Å². The summed E-state index contributed by atoms with van der Waals surface area (Å²) in [6, 6.07) is 9.24. The number of pyridine rings is 1. The summed E-state index contributed by atoms with van der Waals surface area (Å²) in [7, 11) is 0. The van der Waals surface area contributed by atoms with Crippen LogP contribution in [0.2, 0.25) is 0 Å². The zero-order valence-electron chi connectivity index (χ0n) is 10.9. The average molecular weight is 272 g/mol. The van der Waals surface area contributed by atoms with E-state index in [0.717, 1.165) is 5.69 Å². The van der Waals surface area contributed by atoms with E-state index in [1.165, 1.54) is 18.2 Å². The number of aryl methyl sites for hydroxylation is 1. The maximum Gasteiger partial charge on any atom is 0.261 e. The van der Waals surface area contributed by atoms with E-state index in [1.807, 2.05) is 13.0 Å². The van der Waals surface area contributed by atoms with Crippen molar-refractivity contribution in [2.75, 3.05) is 5.32 Å². The molecule has 102 valence electrons. The minimum Gasteiger partial charge on any atom is -0.375 e. The number of aliphatic hydroxyl groups is 1. The molecule has 1 amide bonds. The van der Waals surface area contributed by atoms with Crippen molar-refractivity contribution in [1.82, 2.24) is 4.98 Å². The molecule has 4 nitrogen and oxygen atoms in total. The molecule has 0 bridgehead atoms. The highest BCUT2D eigenvalue weighted by Crippen LogP contribution is 2.38. The van der Waals surface area contributed by atoms with Gasteiger partial charge >= 0.3 is 0 Å². The maximum atomic E-state index is 13.4. The Hall–Kier alpha value is -2.27. The molecule has 1 aliphatic rings. The first-order chi connectivity index (χ1) is 9.49. The molecule has 2 heterocycles. The second kappa shape index (κ2) is 4.38. The molecule has 0 radical (unpaired) electrons. The van der Waals surface area contributed by atoms with E-state index in [2.05, 4.69) is 10.3 Å². The third kappa shape index (κ3) is 1.96. The molecular formula is C15H13FN2O2. The fraction of sp³-hybridized carbons (Fsp3) is 0.200. The van der Waals surface area contributed by atoms with Crippen LogP contribution in [0, 0.1) is 12.7 Å². The van der Waals surface area contributed by atoms with Crippen LogP contribution in [0.25, 0.3) is 0 Å². The van der Waals surface area contributed by atoms with Gasteiger partial charge in [0, 0.05) is 29.1 Å². The number of amides is 1. The summed E-state index contributed by atoms with van der Waals surface area (Å²) in [6.45, 7) is 1.83. The number of nitrogens with zero attached hydrogens (tertiary/aromatic N) is 1. The van der Waals surface area contributed by atoms with Crippen LogP contribution < -0.4 is 5.32 Å². The topological polar surface area (TPSA) is 62.2 Å². The van der Waals surface area contributed by atoms with Gasteiger partial charge in [-0.1, -0.05) is 6.07 Å². The van der Waals surface area contributed by atoms with Gasteiger partial charge in [-0.05, 0) is 37.3 Å². The van der Waals surface area contributed by atoms with Gasteiger partial charge < -0.3 is 10.4 Å². The Morgan fingerprint density at radius 1 is 1.35 bits per heavy atom. The number of hydrogen-bond acceptors (Lipinski definition) is 3. The Kier molecular flexibility index (Phi) is 2.79. The summed E-state index contributed by atoms with van der Waals surface area (Å²) >= 11 is 0. The number of hydrogen-bond donors (Lipinski definition) is 2. The largest absolute Gasteiger partial charge is 0.375 e. The van der Waals surface area contributed by atoms with Gasteiger partial charge in [-0.3, -0.25) is 9.78 Å². The monoisotopic (exact) mass is 272 g/mol. The van der Waals surface area contributed by atoms with Gasteiger partial charge in [-0.25, -0.2) is 4.39 Å². The highest BCUT2D eigenvalue weighted by Gasteiger charge is 2.45. The van der Waals surface area contributed by atoms with Crippen molar-refractivity contribution in [2.24, 2.45) is 0 Å². The minimum absolute atomic E-state index is 0.0109. The van der Waals surface area contributed by atoms with Gasteiger partial charge in [0.05, 0.1) is 0 Å². The molecule has 20 heavy (non-hydrogen) atoms. The fourth-order valence-electron chi connectivity index (χ4n) is 2.45. The Bertz CT molecular complexity index is 702. The van der Waals surface area contributed by atoms with Crippen LogP contribution in [0.1, 0.15) is 17.0 Å². The molecule has 0 spiro atoms. The zero-order chi connectivity index (χ0) is 14.3. The first-order valence-corrected chi connectivity index (χ1v) is 6.25. The molecule has 0 aliphatic carbocycles. The van der Waals surface area contributed by atoms with Crippen LogP contribution in [0.5, 0.6) is 0 Å². The van der Waals surface area contributed by atoms with Crippen LogP contribution in [0.15, 0.2) is 36.4 Å². The summed E-state index contributed by atoms with van der Waals surface area (Å²) < 4.78 is 13.4. The van der Waals surface area contributed by atoms with Crippen LogP contribution in [-0.2, 0) is 16.8 Å². The summed E-state index contributed by atoms with van der Waals surface area (Å²) in [5.41, 5.74) is 0.291. The van der Waals surface area contributed by atoms with Gasteiger partial charge in [0.1, 0.15) is 5.82 Å². The number of benzene rings is 1. The van der Waals surface area contributed by atoms with Crippen LogP contribution in [-0.4, -0.2) is 16.0 Å². The first-order valence-electron chi connectivity index (χ1n) is 6.25. The Morgan fingerprint density at radius 2 is 2.15 bits per heavy atom. The number of fused-ring (bicyclic) bond motifs is 1. The van der Waals surface area contributed by atoms with Crippen molar-refractivity contribution in [2.45, 2.75) is 18.9 Å². The van der Waals surface area contributed by atoms with Crippen LogP contribution in [0.3, 0.4) is 0 Å². The lowest BCUT2D eigenvalue weighted by atomic mass is 9.90. The SMILES string of the molecule is Cc1cccc(CC2(O)C(=O)Nc3ccc(F)cc32)n1. The smallest absolute Gasteiger partial charge is 0.261 e. The van der Waals surface area contributed by atoms with Gasteiger partial charge in [-0.15, -0.1) is 0 Å². The predicted octanol–water partition coefficient (Wildman–Crippen LogP) is 1.91. The number of halogens is 1. The minimum atomic E-state index is -1.78. The quantitative estimate of drug-likeness (QED) is 0.878. The lowest BCUT2D eigenvalue weighted by Gasteiger charge is -2.20. The molecule has 0 fully saturated rings. The highest BCUT2D eigenvalue weighted by atomic mass is 19.1. The maximum absolute atomic E-state index is 13.4. The van der Waals surface area contributed by atoms with Crippen LogP contribution >= 0.6 is 0 Å². The standard InChI is InChI=1S/C15H13FN2O2/c1-9-3-2-4-11(17-9)8-15(20)12-7-10(16)5-6-13(12)18-14(15)19/h2-7,20H,8H2,1H3,(H,18,19). The third-order valence-electron chi connectivity index (χ3n) is 3.43. The molecule has 1 atom stereocenters. The highest BCUT2D eigenvalue weighted by molar-refractivity contribution is 6.05. The number of aromatic nitrogens is 1. The molecular weight excluding hydrogens is 259 g/mol. The number of rotatable bonds is 2. The summed E-state index contributed by atoms with van der Waals surface area (Å²) in [6.07, 6.45) is 0.0109. The van der Waals surface area contributed by atoms with Gasteiger partial charge in [0.25, 0.3) is 5.91 Å². The molecule has 2 aromatic rings. The molecule has 2 N–H and O–H groups in total. The number of carbonyl (C=O) groups is 1.